The van der Waals surface area contributed by atoms with Crippen LogP contribution in [0.2, 0.25) is 0 Å². The van der Waals surface area contributed by atoms with Gasteiger partial charge >= 0.3 is 11.4 Å². The maximum atomic E-state index is 12.5. The van der Waals surface area contributed by atoms with Gasteiger partial charge < -0.3 is 30.0 Å². The molecule has 2 saturated heterocycles. The van der Waals surface area contributed by atoms with Gasteiger partial charge in [0.2, 0.25) is 11.8 Å². The summed E-state index contributed by atoms with van der Waals surface area (Å²) in [5, 5.41) is 15.5. The lowest BCUT2D eigenvalue weighted by atomic mass is 10.1. The van der Waals surface area contributed by atoms with Crippen LogP contribution in [0.4, 0.5) is 11.6 Å². The van der Waals surface area contributed by atoms with E-state index in [4.69, 9.17) is 14.2 Å². The second-order valence-electron chi connectivity index (χ2n) is 9.33. The lowest BCUT2D eigenvalue weighted by Crippen LogP contribution is -2.32. The highest BCUT2D eigenvalue weighted by atomic mass is 16.6. The van der Waals surface area contributed by atoms with E-state index in [0.717, 1.165) is 6.42 Å². The fourth-order valence-electron chi connectivity index (χ4n) is 4.61. The molecule has 2 aliphatic heterocycles. The van der Waals surface area contributed by atoms with Crippen LogP contribution in [0.3, 0.4) is 0 Å². The molecule has 0 bridgehead atoms. The fraction of sp³-hybridized carbons (Fsp3) is 0.583. The number of carbonyl (C=O) groups excluding carboxylic acids is 2. The Hall–Kier alpha value is -3.46. The molecule has 2 aromatic heterocycles. The van der Waals surface area contributed by atoms with Crippen molar-refractivity contribution in [3.63, 3.8) is 0 Å². The summed E-state index contributed by atoms with van der Waals surface area (Å²) in [6, 6.07) is 3.00. The largest absolute Gasteiger partial charge is 0.390 e. The molecule has 0 spiro atoms. The van der Waals surface area contributed by atoms with E-state index in [1.54, 1.807) is 0 Å². The number of amides is 2. The molecule has 2 aromatic rings. The van der Waals surface area contributed by atoms with Crippen LogP contribution in [0.5, 0.6) is 0 Å². The average molecular weight is 533 g/mol. The summed E-state index contributed by atoms with van der Waals surface area (Å²) in [5.74, 6) is -0.378. The summed E-state index contributed by atoms with van der Waals surface area (Å²) < 4.78 is 20.8. The van der Waals surface area contributed by atoms with Crippen molar-refractivity contribution in [1.29, 1.82) is 0 Å². The summed E-state index contributed by atoms with van der Waals surface area (Å²) in [6.07, 6.45) is 1.50. The molecule has 0 saturated carbocycles. The lowest BCUT2D eigenvalue weighted by Gasteiger charge is -2.22. The zero-order valence-electron chi connectivity index (χ0n) is 21.4. The predicted octanol–water partition coefficient (Wildman–Crippen LogP) is 0.538. The zero-order valence-corrected chi connectivity index (χ0v) is 21.4. The summed E-state index contributed by atoms with van der Waals surface area (Å²) in [7, 11) is 0. The second kappa shape index (κ2) is 11.9. The molecular formula is C24H32N6O8. The van der Waals surface area contributed by atoms with Crippen molar-refractivity contribution in [2.24, 2.45) is 0 Å². The molecule has 4 rings (SSSR count). The minimum atomic E-state index is -0.877. The van der Waals surface area contributed by atoms with Crippen molar-refractivity contribution in [2.45, 2.75) is 83.3 Å². The van der Waals surface area contributed by atoms with Crippen LogP contribution in [0.25, 0.3) is 0 Å². The van der Waals surface area contributed by atoms with Crippen LogP contribution >= 0.6 is 0 Å². The van der Waals surface area contributed by atoms with Crippen molar-refractivity contribution in [2.75, 3.05) is 17.2 Å². The van der Waals surface area contributed by atoms with Gasteiger partial charge in [0.25, 0.3) is 0 Å². The Morgan fingerprint density at radius 1 is 0.974 bits per heavy atom. The van der Waals surface area contributed by atoms with Crippen LogP contribution in [-0.2, 0) is 23.8 Å². The Morgan fingerprint density at radius 2 is 1.50 bits per heavy atom. The van der Waals surface area contributed by atoms with Crippen LogP contribution < -0.4 is 22.0 Å². The first-order chi connectivity index (χ1) is 18.1. The molecule has 6 atom stereocenters. The van der Waals surface area contributed by atoms with E-state index < -0.39 is 36.0 Å². The Balaban J connectivity index is 1.38. The number of ether oxygens (including phenoxy) is 3. The molecule has 4 heterocycles. The number of nitrogens with one attached hydrogen (secondary N) is 2. The van der Waals surface area contributed by atoms with E-state index in [-0.39, 0.29) is 48.7 Å². The Bertz CT molecular complexity index is 1280. The standard InChI is InChI=1S/C24H32N6O8/c1-4-5-16-17(11-22(37-16)30-9-7-20(26-14(3)32)28-24(30)35)36-12-18-15(33)10-21(38-18)29-8-6-19(25-13(2)31)27-23(29)34/h6-9,15-18,21-22,33H,4-5,10-12H2,1-3H3,(H,25,27,31,34)(H,26,28,32,35). The maximum Gasteiger partial charge on any atom is 0.351 e. The van der Waals surface area contributed by atoms with Gasteiger partial charge in [-0.15, -0.1) is 0 Å². The summed E-state index contributed by atoms with van der Waals surface area (Å²) in [6.45, 7) is 4.72. The van der Waals surface area contributed by atoms with E-state index in [1.807, 2.05) is 6.92 Å². The number of nitrogens with zero attached hydrogens (tertiary/aromatic N) is 4. The highest BCUT2D eigenvalue weighted by Crippen LogP contribution is 2.34. The lowest BCUT2D eigenvalue weighted by molar-refractivity contribution is -0.115. The number of aromatic nitrogens is 4. The summed E-state index contributed by atoms with van der Waals surface area (Å²) >= 11 is 0. The second-order valence-corrected chi connectivity index (χ2v) is 9.33. The normalized spacial score (nSPS) is 26.8. The van der Waals surface area contributed by atoms with Crippen molar-refractivity contribution in [3.8, 4) is 0 Å². The van der Waals surface area contributed by atoms with Crippen LogP contribution in [0.1, 0.15) is 58.9 Å². The molecule has 0 aliphatic carbocycles. The number of anilines is 2. The Morgan fingerprint density at radius 3 is 2.00 bits per heavy atom. The summed E-state index contributed by atoms with van der Waals surface area (Å²) in [5.41, 5.74) is -1.17. The van der Waals surface area contributed by atoms with Crippen LogP contribution in [0, 0.1) is 0 Å². The topological polar surface area (TPSA) is 176 Å². The van der Waals surface area contributed by atoms with Gasteiger partial charge in [-0.25, -0.2) is 9.59 Å². The average Bonchev–Trinajstić information content (AvgIpc) is 3.40. The van der Waals surface area contributed by atoms with Gasteiger partial charge in [-0.05, 0) is 18.6 Å². The fourth-order valence-corrected chi connectivity index (χ4v) is 4.61. The SMILES string of the molecule is CCCC1OC(n2ccc(NC(C)=O)nc2=O)CC1OCC1OC(n2ccc(NC(C)=O)nc2=O)CC1O. The third-order valence-electron chi connectivity index (χ3n) is 6.32. The first-order valence-electron chi connectivity index (χ1n) is 12.5. The first kappa shape index (κ1) is 27.6. The minimum absolute atomic E-state index is 0.0550. The molecule has 2 amide bonds. The highest BCUT2D eigenvalue weighted by molar-refractivity contribution is 5.87. The quantitative estimate of drug-likeness (QED) is 0.413. The number of aliphatic hydroxyl groups excluding tert-OH is 1. The Labute approximate surface area is 217 Å². The Kier molecular flexibility index (Phi) is 8.66. The molecule has 0 radical (unpaired) electrons. The molecule has 6 unspecified atom stereocenters. The van der Waals surface area contributed by atoms with Crippen molar-refractivity contribution in [1.82, 2.24) is 19.1 Å². The van der Waals surface area contributed by atoms with E-state index >= 15 is 0 Å². The molecule has 2 aliphatic rings. The number of hydrogen-bond donors (Lipinski definition) is 3. The predicted molar refractivity (Wildman–Crippen MR) is 133 cm³/mol. The third kappa shape index (κ3) is 6.51. The van der Waals surface area contributed by atoms with Crippen LogP contribution in [-0.4, -0.2) is 67.0 Å². The molecule has 3 N–H and O–H groups in total. The first-order valence-corrected chi connectivity index (χ1v) is 12.5. The molecule has 38 heavy (non-hydrogen) atoms. The maximum absolute atomic E-state index is 12.5. The van der Waals surface area contributed by atoms with Crippen molar-refractivity contribution in [3.05, 3.63) is 45.5 Å². The van der Waals surface area contributed by atoms with Crippen molar-refractivity contribution >= 4 is 23.5 Å². The zero-order chi connectivity index (χ0) is 27.4. The minimum Gasteiger partial charge on any atom is -0.390 e. The van der Waals surface area contributed by atoms with Gasteiger partial charge in [0.15, 0.2) is 0 Å². The van der Waals surface area contributed by atoms with Gasteiger partial charge in [-0.3, -0.25) is 18.7 Å². The molecule has 14 heteroatoms. The summed E-state index contributed by atoms with van der Waals surface area (Å²) in [4.78, 5) is 55.1. The van der Waals surface area contributed by atoms with E-state index in [2.05, 4.69) is 20.6 Å². The van der Waals surface area contributed by atoms with E-state index in [1.165, 1.54) is 47.5 Å². The highest BCUT2D eigenvalue weighted by Gasteiger charge is 2.40. The number of carbonyl (C=O) groups is 2. The molecule has 2 fully saturated rings. The number of rotatable bonds is 9. The monoisotopic (exact) mass is 532 g/mol. The number of hydrogen-bond acceptors (Lipinski definition) is 10. The van der Waals surface area contributed by atoms with E-state index in [9.17, 15) is 24.3 Å². The molecule has 0 aromatic carbocycles. The van der Waals surface area contributed by atoms with Gasteiger partial charge in [0.05, 0.1) is 24.9 Å². The number of aliphatic hydroxyl groups is 1. The molecule has 206 valence electrons. The van der Waals surface area contributed by atoms with Gasteiger partial charge in [0, 0.05) is 39.1 Å². The van der Waals surface area contributed by atoms with Gasteiger partial charge in [0.1, 0.15) is 30.2 Å². The van der Waals surface area contributed by atoms with Crippen LogP contribution in [0.15, 0.2) is 34.1 Å². The molecular weight excluding hydrogens is 500 g/mol. The van der Waals surface area contributed by atoms with Crippen molar-refractivity contribution < 1.29 is 28.9 Å². The smallest absolute Gasteiger partial charge is 0.351 e. The van der Waals surface area contributed by atoms with Gasteiger partial charge in [-0.2, -0.15) is 9.97 Å². The third-order valence-corrected chi connectivity index (χ3v) is 6.32. The van der Waals surface area contributed by atoms with E-state index in [0.29, 0.717) is 12.8 Å². The molecule has 14 nitrogen and oxygen atoms in total. The van der Waals surface area contributed by atoms with Gasteiger partial charge in [-0.1, -0.05) is 13.3 Å².